The quantitative estimate of drug-likeness (QED) is 0.698. The summed E-state index contributed by atoms with van der Waals surface area (Å²) in [6.07, 6.45) is 4.12. The topological polar surface area (TPSA) is 68.0 Å². The maximum atomic E-state index is 12.1. The Morgan fingerprint density at radius 2 is 1.92 bits per heavy atom. The molecule has 0 saturated heterocycles. The lowest BCUT2D eigenvalue weighted by molar-refractivity contribution is -0.116. The highest BCUT2D eigenvalue weighted by atomic mass is 16.4. The molecule has 0 atom stereocenters. The van der Waals surface area contributed by atoms with Gasteiger partial charge in [0.2, 0.25) is 5.91 Å². The molecule has 0 saturated carbocycles. The lowest BCUT2D eigenvalue weighted by Crippen LogP contribution is -2.13. The van der Waals surface area contributed by atoms with Crippen LogP contribution in [0, 0.1) is 6.92 Å². The predicted octanol–water partition coefficient (Wildman–Crippen LogP) is 4.74. The summed E-state index contributed by atoms with van der Waals surface area (Å²) in [6.45, 7) is 6.29. The Morgan fingerprint density at radius 1 is 1.15 bits per heavy atom. The van der Waals surface area contributed by atoms with E-state index in [1.807, 2.05) is 31.2 Å². The third kappa shape index (κ3) is 4.57. The number of pyridine rings is 1. The number of aryl methyl sites for hydroxylation is 2. The first-order valence-corrected chi connectivity index (χ1v) is 8.79. The second kappa shape index (κ2) is 7.95. The fraction of sp³-hybridized carbons (Fsp3) is 0.286. The number of oxazole rings is 1. The van der Waals surface area contributed by atoms with Crippen LogP contribution in [0.3, 0.4) is 0 Å². The number of carbonyl (C=O) groups excluding carboxylic acids is 1. The van der Waals surface area contributed by atoms with E-state index in [2.05, 4.69) is 41.3 Å². The summed E-state index contributed by atoms with van der Waals surface area (Å²) in [7, 11) is 0. The molecule has 0 radical (unpaired) electrons. The van der Waals surface area contributed by atoms with Gasteiger partial charge >= 0.3 is 0 Å². The van der Waals surface area contributed by atoms with Crippen LogP contribution in [0.5, 0.6) is 0 Å². The van der Waals surface area contributed by atoms with Crippen LogP contribution in [0.2, 0.25) is 0 Å². The Morgan fingerprint density at radius 3 is 2.62 bits per heavy atom. The number of aromatic nitrogens is 2. The average molecular weight is 349 g/mol. The standard InChI is InChI=1S/C21H23N3O2/c1-14(2)16-4-6-17(7-5-16)18-13-23-21(26-18)9-8-20(25)24-19-12-15(3)10-11-22-19/h4-7,10-14H,8-9H2,1-3H3,(H,22,24,25). The van der Waals surface area contributed by atoms with Gasteiger partial charge in [-0.3, -0.25) is 4.79 Å². The van der Waals surface area contributed by atoms with Gasteiger partial charge in [0.15, 0.2) is 11.7 Å². The summed E-state index contributed by atoms with van der Waals surface area (Å²) in [5.74, 6) is 2.23. The number of hydrogen-bond acceptors (Lipinski definition) is 4. The van der Waals surface area contributed by atoms with E-state index in [1.54, 1.807) is 12.4 Å². The number of carbonyl (C=O) groups is 1. The molecule has 2 aromatic heterocycles. The van der Waals surface area contributed by atoms with E-state index in [1.165, 1.54) is 5.56 Å². The Bertz CT molecular complexity index is 882. The first-order valence-electron chi connectivity index (χ1n) is 8.79. The number of anilines is 1. The van der Waals surface area contributed by atoms with E-state index in [0.29, 0.717) is 30.5 Å². The van der Waals surface area contributed by atoms with Crippen molar-refractivity contribution in [2.24, 2.45) is 0 Å². The minimum Gasteiger partial charge on any atom is -0.441 e. The zero-order valence-electron chi connectivity index (χ0n) is 15.3. The minimum absolute atomic E-state index is 0.107. The lowest BCUT2D eigenvalue weighted by atomic mass is 10.0. The number of hydrogen-bond donors (Lipinski definition) is 1. The molecule has 1 aromatic carbocycles. The van der Waals surface area contributed by atoms with Gasteiger partial charge in [-0.2, -0.15) is 0 Å². The van der Waals surface area contributed by atoms with Gasteiger partial charge in [0, 0.05) is 24.6 Å². The fourth-order valence-corrected chi connectivity index (χ4v) is 2.62. The van der Waals surface area contributed by atoms with Crippen molar-refractivity contribution in [1.29, 1.82) is 0 Å². The summed E-state index contributed by atoms with van der Waals surface area (Å²) in [6, 6.07) is 12.0. The van der Waals surface area contributed by atoms with Crippen LogP contribution in [0.1, 0.15) is 43.2 Å². The Labute approximate surface area is 153 Å². The van der Waals surface area contributed by atoms with Crippen LogP contribution >= 0.6 is 0 Å². The normalized spacial score (nSPS) is 10.9. The summed E-state index contributed by atoms with van der Waals surface area (Å²) >= 11 is 0. The predicted molar refractivity (Wildman–Crippen MR) is 102 cm³/mol. The molecule has 3 rings (SSSR count). The van der Waals surface area contributed by atoms with E-state index in [9.17, 15) is 4.79 Å². The van der Waals surface area contributed by atoms with Crippen LogP contribution < -0.4 is 5.32 Å². The van der Waals surface area contributed by atoms with Crippen LogP contribution in [0.4, 0.5) is 5.82 Å². The fourth-order valence-electron chi connectivity index (χ4n) is 2.62. The number of amides is 1. The molecular formula is C21H23N3O2. The highest BCUT2D eigenvalue weighted by molar-refractivity contribution is 5.89. The van der Waals surface area contributed by atoms with E-state index >= 15 is 0 Å². The van der Waals surface area contributed by atoms with Crippen molar-refractivity contribution in [2.45, 2.75) is 39.5 Å². The van der Waals surface area contributed by atoms with E-state index in [-0.39, 0.29) is 5.91 Å². The van der Waals surface area contributed by atoms with Crippen LogP contribution in [-0.2, 0) is 11.2 Å². The molecule has 0 unspecified atom stereocenters. The molecule has 134 valence electrons. The Balaban J connectivity index is 1.57. The third-order valence-electron chi connectivity index (χ3n) is 4.16. The van der Waals surface area contributed by atoms with E-state index in [0.717, 1.165) is 16.9 Å². The smallest absolute Gasteiger partial charge is 0.226 e. The van der Waals surface area contributed by atoms with Gasteiger partial charge in [0.1, 0.15) is 5.82 Å². The highest BCUT2D eigenvalue weighted by Gasteiger charge is 2.10. The maximum absolute atomic E-state index is 12.1. The molecular weight excluding hydrogens is 326 g/mol. The van der Waals surface area contributed by atoms with Crippen LogP contribution in [-0.4, -0.2) is 15.9 Å². The minimum atomic E-state index is -0.107. The lowest BCUT2D eigenvalue weighted by Gasteiger charge is -2.05. The van der Waals surface area contributed by atoms with Gasteiger partial charge in [-0.05, 0) is 36.1 Å². The number of nitrogens with zero attached hydrogens (tertiary/aromatic N) is 2. The van der Waals surface area contributed by atoms with Crippen molar-refractivity contribution in [2.75, 3.05) is 5.32 Å². The second-order valence-corrected chi connectivity index (χ2v) is 6.66. The molecule has 0 aliphatic rings. The van der Waals surface area contributed by atoms with Crippen molar-refractivity contribution in [1.82, 2.24) is 9.97 Å². The van der Waals surface area contributed by atoms with Crippen LogP contribution in [0.25, 0.3) is 11.3 Å². The van der Waals surface area contributed by atoms with Crippen LogP contribution in [0.15, 0.2) is 53.2 Å². The van der Waals surface area contributed by atoms with E-state index in [4.69, 9.17) is 4.42 Å². The number of nitrogens with one attached hydrogen (secondary N) is 1. The first-order chi connectivity index (χ1) is 12.5. The molecule has 26 heavy (non-hydrogen) atoms. The van der Waals surface area contributed by atoms with Gasteiger partial charge in [-0.15, -0.1) is 0 Å². The van der Waals surface area contributed by atoms with Gasteiger partial charge in [-0.25, -0.2) is 9.97 Å². The van der Waals surface area contributed by atoms with Gasteiger partial charge in [0.05, 0.1) is 6.20 Å². The van der Waals surface area contributed by atoms with Crippen molar-refractivity contribution in [3.63, 3.8) is 0 Å². The average Bonchev–Trinajstić information content (AvgIpc) is 3.09. The maximum Gasteiger partial charge on any atom is 0.226 e. The first kappa shape index (κ1) is 17.9. The van der Waals surface area contributed by atoms with Gasteiger partial charge < -0.3 is 9.73 Å². The highest BCUT2D eigenvalue weighted by Crippen LogP contribution is 2.23. The molecule has 3 aromatic rings. The van der Waals surface area contributed by atoms with Crippen molar-refractivity contribution < 1.29 is 9.21 Å². The molecule has 2 heterocycles. The monoisotopic (exact) mass is 349 g/mol. The summed E-state index contributed by atoms with van der Waals surface area (Å²) < 4.78 is 5.78. The molecule has 0 aliphatic heterocycles. The summed E-state index contributed by atoms with van der Waals surface area (Å²) in [5.41, 5.74) is 3.33. The summed E-state index contributed by atoms with van der Waals surface area (Å²) in [5, 5.41) is 2.79. The third-order valence-corrected chi connectivity index (χ3v) is 4.16. The molecule has 0 aliphatic carbocycles. The van der Waals surface area contributed by atoms with Crippen molar-refractivity contribution in [3.05, 3.63) is 65.8 Å². The van der Waals surface area contributed by atoms with Gasteiger partial charge in [0.25, 0.3) is 0 Å². The molecule has 1 amide bonds. The van der Waals surface area contributed by atoms with Crippen molar-refractivity contribution >= 4 is 11.7 Å². The Kier molecular flexibility index (Phi) is 5.46. The SMILES string of the molecule is Cc1ccnc(NC(=O)CCc2ncc(-c3ccc(C(C)C)cc3)o2)c1. The van der Waals surface area contributed by atoms with Gasteiger partial charge in [-0.1, -0.05) is 38.1 Å². The molecule has 0 bridgehead atoms. The largest absolute Gasteiger partial charge is 0.441 e. The Hall–Kier alpha value is -2.95. The molecule has 1 N–H and O–H groups in total. The zero-order valence-corrected chi connectivity index (χ0v) is 15.3. The molecule has 0 spiro atoms. The second-order valence-electron chi connectivity index (χ2n) is 6.66. The molecule has 5 nitrogen and oxygen atoms in total. The number of rotatable bonds is 6. The zero-order chi connectivity index (χ0) is 18.5. The summed E-state index contributed by atoms with van der Waals surface area (Å²) in [4.78, 5) is 20.5. The molecule has 0 fully saturated rings. The van der Waals surface area contributed by atoms with Crippen molar-refractivity contribution in [3.8, 4) is 11.3 Å². The molecule has 5 heteroatoms. The van der Waals surface area contributed by atoms with E-state index < -0.39 is 0 Å². The number of benzene rings is 1.